The molecule has 0 atom stereocenters. The van der Waals surface area contributed by atoms with Gasteiger partial charge in [-0.05, 0) is 12.1 Å². The first-order valence-electron chi connectivity index (χ1n) is 8.04. The van der Waals surface area contributed by atoms with Crippen molar-refractivity contribution < 1.29 is 41.1 Å². The number of hydrogen-bond acceptors (Lipinski definition) is 7. The van der Waals surface area contributed by atoms with Crippen LogP contribution in [-0.2, 0) is 25.8 Å². The van der Waals surface area contributed by atoms with Crippen LogP contribution >= 0.6 is 0 Å². The van der Waals surface area contributed by atoms with E-state index in [0.29, 0.717) is 12.1 Å². The third kappa shape index (κ3) is 4.03. The van der Waals surface area contributed by atoms with Crippen molar-refractivity contribution in [2.24, 2.45) is 0 Å². The molecule has 10 nitrogen and oxygen atoms in total. The zero-order valence-corrected chi connectivity index (χ0v) is 16.9. The lowest BCUT2D eigenvalue weighted by atomic mass is 10.0. The number of phenols is 1. The summed E-state index contributed by atoms with van der Waals surface area (Å²) in [6, 6.07) is 1.18. The molecule has 1 aromatic carbocycles. The highest BCUT2D eigenvalue weighted by atomic mass is 32.2. The fraction of sp³-hybridized carbons (Fsp3) is 0.312. The predicted molar refractivity (Wildman–Crippen MR) is 97.5 cm³/mol. The summed E-state index contributed by atoms with van der Waals surface area (Å²) in [6.45, 7) is 0. The minimum Gasteiger partial charge on any atom is -0.505 e. The number of anilines is 1. The number of hydrogen-bond donors (Lipinski definition) is 3. The Morgan fingerprint density at radius 1 is 1.07 bits per heavy atom. The second-order valence-corrected chi connectivity index (χ2v) is 8.16. The molecule has 164 valence electrons. The molecule has 0 radical (unpaired) electrons. The molecule has 1 aliphatic rings. The van der Waals surface area contributed by atoms with Crippen molar-refractivity contribution in [3.05, 3.63) is 33.9 Å². The first-order chi connectivity index (χ1) is 13.6. The van der Waals surface area contributed by atoms with Gasteiger partial charge in [-0.1, -0.05) is 0 Å². The summed E-state index contributed by atoms with van der Waals surface area (Å²) in [5.41, 5.74) is -3.95. The lowest BCUT2D eigenvalue weighted by Crippen LogP contribution is -2.30. The molecule has 0 aromatic heterocycles. The van der Waals surface area contributed by atoms with Crippen molar-refractivity contribution in [1.29, 1.82) is 0 Å². The zero-order chi connectivity index (χ0) is 23.2. The second kappa shape index (κ2) is 7.51. The number of nitrogens with zero attached hydrogens (tertiary/aromatic N) is 2. The molecule has 0 spiro atoms. The van der Waals surface area contributed by atoms with Gasteiger partial charge in [-0.15, -0.1) is 0 Å². The van der Waals surface area contributed by atoms with Crippen molar-refractivity contribution in [1.82, 2.24) is 14.5 Å². The largest absolute Gasteiger partial charge is 0.505 e. The molecule has 3 amide bonds. The number of sulfonamides is 1. The van der Waals surface area contributed by atoms with E-state index in [1.165, 1.54) is 14.1 Å². The Labute approximate surface area is 169 Å². The topological polar surface area (TPSA) is 136 Å². The van der Waals surface area contributed by atoms with Gasteiger partial charge in [0.15, 0.2) is 10.7 Å². The third-order valence-electron chi connectivity index (χ3n) is 3.91. The minimum atomic E-state index is -4.99. The number of benzene rings is 1. The van der Waals surface area contributed by atoms with E-state index >= 15 is 0 Å². The quantitative estimate of drug-likeness (QED) is 0.561. The maximum Gasteiger partial charge on any atom is 0.417 e. The summed E-state index contributed by atoms with van der Waals surface area (Å²) in [4.78, 5) is 37.2. The number of phenolic OH excluding ortho intramolecular Hbond substituents is 1. The van der Waals surface area contributed by atoms with Crippen LogP contribution in [0.15, 0.2) is 22.7 Å². The molecular formula is C16H17F3N4O6S. The molecule has 14 heteroatoms. The fourth-order valence-electron chi connectivity index (χ4n) is 2.50. The smallest absolute Gasteiger partial charge is 0.417 e. The Morgan fingerprint density at radius 3 is 2.07 bits per heavy atom. The number of aromatic hydroxyl groups is 1. The van der Waals surface area contributed by atoms with Crippen LogP contribution in [-0.4, -0.2) is 69.2 Å². The molecule has 2 rings (SSSR count). The van der Waals surface area contributed by atoms with Crippen LogP contribution in [0, 0.1) is 0 Å². The Morgan fingerprint density at radius 2 is 1.60 bits per heavy atom. The summed E-state index contributed by atoms with van der Waals surface area (Å²) in [6.07, 6.45) is -4.99. The lowest BCUT2D eigenvalue weighted by molar-refractivity contribution is -0.138. The van der Waals surface area contributed by atoms with Crippen LogP contribution < -0.4 is 10.0 Å². The Balaban J connectivity index is 2.72. The highest BCUT2D eigenvalue weighted by Crippen LogP contribution is 2.40. The van der Waals surface area contributed by atoms with E-state index in [0.717, 1.165) is 23.9 Å². The van der Waals surface area contributed by atoms with Gasteiger partial charge >= 0.3 is 6.18 Å². The van der Waals surface area contributed by atoms with Gasteiger partial charge in [-0.25, -0.2) is 13.1 Å². The Hall–Kier alpha value is -3.29. The molecular weight excluding hydrogens is 433 g/mol. The molecule has 0 saturated carbocycles. The number of amides is 3. The fourth-order valence-corrected chi connectivity index (χ4v) is 3.78. The van der Waals surface area contributed by atoms with Crippen LogP contribution in [0.1, 0.15) is 15.9 Å². The third-order valence-corrected chi connectivity index (χ3v) is 5.28. The first-order valence-corrected chi connectivity index (χ1v) is 9.52. The minimum absolute atomic E-state index is 0.480. The molecule has 0 bridgehead atoms. The molecule has 30 heavy (non-hydrogen) atoms. The van der Waals surface area contributed by atoms with Crippen LogP contribution in [0.5, 0.6) is 5.75 Å². The monoisotopic (exact) mass is 450 g/mol. The second-order valence-electron chi connectivity index (χ2n) is 6.54. The van der Waals surface area contributed by atoms with E-state index in [1.807, 2.05) is 0 Å². The lowest BCUT2D eigenvalue weighted by Gasteiger charge is -2.19. The van der Waals surface area contributed by atoms with Gasteiger partial charge in [-0.3, -0.25) is 14.4 Å². The number of alkyl halides is 3. The van der Waals surface area contributed by atoms with Gasteiger partial charge in [0.2, 0.25) is 0 Å². The Bertz CT molecular complexity index is 1080. The number of rotatable bonds is 4. The molecule has 1 heterocycles. The van der Waals surface area contributed by atoms with Gasteiger partial charge in [0.25, 0.3) is 27.7 Å². The SMILES string of the molecule is CN(C)C(=O)C1=C(Nc2ccc(C(F)(F)F)c(C(=O)N(C)C)c2O)C(=O)NS1(=O)=O. The van der Waals surface area contributed by atoms with Gasteiger partial charge in [0, 0.05) is 28.2 Å². The van der Waals surface area contributed by atoms with E-state index < -0.39 is 67.1 Å². The summed E-state index contributed by atoms with van der Waals surface area (Å²) in [5.74, 6) is -4.72. The highest BCUT2D eigenvalue weighted by molar-refractivity contribution is 7.95. The van der Waals surface area contributed by atoms with Crippen molar-refractivity contribution >= 4 is 33.4 Å². The van der Waals surface area contributed by atoms with E-state index in [9.17, 15) is 41.1 Å². The van der Waals surface area contributed by atoms with Gasteiger partial charge in [-0.2, -0.15) is 13.2 Å². The van der Waals surface area contributed by atoms with E-state index in [4.69, 9.17) is 0 Å². The maximum atomic E-state index is 13.3. The summed E-state index contributed by atoms with van der Waals surface area (Å²) in [5, 5.41) is 12.5. The Kier molecular flexibility index (Phi) is 5.76. The first kappa shape index (κ1) is 23.0. The van der Waals surface area contributed by atoms with Crippen LogP contribution in [0.4, 0.5) is 18.9 Å². The number of halogens is 3. The summed E-state index contributed by atoms with van der Waals surface area (Å²) < 4.78 is 65.7. The van der Waals surface area contributed by atoms with Gasteiger partial charge in [0.1, 0.15) is 5.70 Å². The van der Waals surface area contributed by atoms with Crippen LogP contribution in [0.3, 0.4) is 0 Å². The maximum absolute atomic E-state index is 13.3. The van der Waals surface area contributed by atoms with E-state index in [2.05, 4.69) is 5.32 Å². The van der Waals surface area contributed by atoms with Crippen molar-refractivity contribution in [2.45, 2.75) is 6.18 Å². The van der Waals surface area contributed by atoms with Crippen molar-refractivity contribution in [2.75, 3.05) is 33.5 Å². The highest BCUT2D eigenvalue weighted by Gasteiger charge is 2.42. The number of carbonyl (C=O) groups is 3. The molecule has 0 unspecified atom stereocenters. The van der Waals surface area contributed by atoms with Gasteiger partial charge < -0.3 is 20.2 Å². The molecule has 3 N–H and O–H groups in total. The van der Waals surface area contributed by atoms with E-state index in [1.54, 1.807) is 4.72 Å². The number of likely N-dealkylation sites (N-methyl/N-ethyl adjacent to an activating group) is 1. The van der Waals surface area contributed by atoms with Crippen LogP contribution in [0.2, 0.25) is 0 Å². The predicted octanol–water partition coefficient (Wildman–Crippen LogP) is 0.284. The molecule has 0 aliphatic carbocycles. The number of nitrogens with one attached hydrogen (secondary N) is 2. The molecule has 0 fully saturated rings. The normalized spacial score (nSPS) is 15.6. The van der Waals surface area contributed by atoms with Crippen LogP contribution in [0.25, 0.3) is 0 Å². The average Bonchev–Trinajstić information content (AvgIpc) is 2.81. The summed E-state index contributed by atoms with van der Waals surface area (Å²) in [7, 11) is 0.214. The van der Waals surface area contributed by atoms with Gasteiger partial charge in [0.05, 0.1) is 16.8 Å². The molecule has 1 aliphatic heterocycles. The van der Waals surface area contributed by atoms with Crippen molar-refractivity contribution in [3.8, 4) is 5.75 Å². The standard InChI is InChI=1S/C16H17F3N4O6S/c1-22(2)14(26)9-7(16(17,18)19)5-6-8(11(9)24)20-10-12(15(27)23(3)4)30(28,29)21-13(10)25/h5-6,20,24H,1-4H3,(H,21,25). The molecule has 0 saturated heterocycles. The number of carbonyl (C=O) groups excluding carboxylic acids is 3. The van der Waals surface area contributed by atoms with E-state index in [-0.39, 0.29) is 0 Å². The average molecular weight is 450 g/mol. The summed E-state index contributed by atoms with van der Waals surface area (Å²) >= 11 is 0. The molecule has 1 aromatic rings. The van der Waals surface area contributed by atoms with Crippen molar-refractivity contribution in [3.63, 3.8) is 0 Å². The zero-order valence-electron chi connectivity index (χ0n) is 16.1.